The molecule has 0 amide bonds. The summed E-state index contributed by atoms with van der Waals surface area (Å²) in [7, 11) is 1.83. The number of rotatable bonds is 5. The quantitative estimate of drug-likeness (QED) is 0.649. The van der Waals surface area contributed by atoms with Crippen molar-refractivity contribution in [2.45, 2.75) is 32.7 Å². The molecule has 2 unspecified atom stereocenters. The molecule has 0 aromatic heterocycles. The summed E-state index contributed by atoms with van der Waals surface area (Å²) >= 11 is 0. The lowest BCUT2D eigenvalue weighted by atomic mass is 10.0. The topological polar surface area (TPSA) is 39.7 Å². The molecule has 122 valence electrons. The highest BCUT2D eigenvalue weighted by atomic mass is 15.2. The summed E-state index contributed by atoms with van der Waals surface area (Å²) in [6.07, 6.45) is 2.71. The molecule has 0 aliphatic carbocycles. The van der Waals surface area contributed by atoms with Crippen LogP contribution in [-0.2, 0) is 0 Å². The van der Waals surface area contributed by atoms with Crippen LogP contribution in [0.25, 0.3) is 0 Å². The Hall–Kier alpha value is -1.55. The Labute approximate surface area is 135 Å². The van der Waals surface area contributed by atoms with Gasteiger partial charge in [0.15, 0.2) is 5.96 Å². The fraction of sp³-hybridized carbons (Fsp3) is 0.611. The van der Waals surface area contributed by atoms with Crippen molar-refractivity contribution in [3.05, 3.63) is 35.9 Å². The Balaban J connectivity index is 1.73. The van der Waals surface area contributed by atoms with E-state index in [0.717, 1.165) is 25.0 Å². The van der Waals surface area contributed by atoms with E-state index < -0.39 is 0 Å². The van der Waals surface area contributed by atoms with Crippen LogP contribution in [0.3, 0.4) is 0 Å². The second kappa shape index (κ2) is 8.79. The third kappa shape index (κ3) is 5.34. The summed E-state index contributed by atoms with van der Waals surface area (Å²) in [5.74, 6) is 1.71. The molecule has 1 aliphatic rings. The molecule has 0 spiro atoms. The molecular formula is C18H30N4. The first-order valence-corrected chi connectivity index (χ1v) is 8.43. The zero-order valence-electron chi connectivity index (χ0n) is 14.2. The van der Waals surface area contributed by atoms with Crippen molar-refractivity contribution in [3.63, 3.8) is 0 Å². The van der Waals surface area contributed by atoms with Gasteiger partial charge in [0.2, 0.25) is 0 Å². The lowest BCUT2D eigenvalue weighted by Gasteiger charge is -2.31. The van der Waals surface area contributed by atoms with Gasteiger partial charge in [0.1, 0.15) is 0 Å². The molecule has 1 heterocycles. The van der Waals surface area contributed by atoms with Crippen molar-refractivity contribution >= 4 is 5.96 Å². The Kier molecular flexibility index (Phi) is 6.72. The standard InChI is InChI=1S/C18H30N4/c1-15-8-7-12-22(14-15)13-11-20-18(19-3)21-16(2)17-9-5-4-6-10-17/h4-6,9-10,15-16H,7-8,11-14H2,1-3H3,(H2,19,20,21). The summed E-state index contributed by atoms with van der Waals surface area (Å²) in [5.41, 5.74) is 1.27. The van der Waals surface area contributed by atoms with Gasteiger partial charge in [-0.3, -0.25) is 4.99 Å². The zero-order valence-corrected chi connectivity index (χ0v) is 14.2. The largest absolute Gasteiger partial charge is 0.355 e. The Morgan fingerprint density at radius 1 is 1.36 bits per heavy atom. The van der Waals surface area contributed by atoms with Gasteiger partial charge in [-0.25, -0.2) is 0 Å². The van der Waals surface area contributed by atoms with Gasteiger partial charge in [-0.15, -0.1) is 0 Å². The molecule has 0 radical (unpaired) electrons. The molecule has 2 rings (SSSR count). The number of hydrogen-bond acceptors (Lipinski definition) is 2. The minimum Gasteiger partial charge on any atom is -0.355 e. The van der Waals surface area contributed by atoms with E-state index in [4.69, 9.17) is 0 Å². The monoisotopic (exact) mass is 302 g/mol. The number of aliphatic imine (C=N–C) groups is 1. The van der Waals surface area contributed by atoms with Crippen LogP contribution in [0, 0.1) is 5.92 Å². The van der Waals surface area contributed by atoms with Crippen LogP contribution in [0.15, 0.2) is 35.3 Å². The first-order valence-electron chi connectivity index (χ1n) is 8.43. The summed E-state index contributed by atoms with van der Waals surface area (Å²) in [6.45, 7) is 9.00. The summed E-state index contributed by atoms with van der Waals surface area (Å²) in [4.78, 5) is 6.88. The van der Waals surface area contributed by atoms with E-state index in [1.165, 1.54) is 31.5 Å². The van der Waals surface area contributed by atoms with Crippen molar-refractivity contribution < 1.29 is 0 Å². The third-order valence-corrected chi connectivity index (χ3v) is 4.34. The van der Waals surface area contributed by atoms with Crippen molar-refractivity contribution in [2.24, 2.45) is 10.9 Å². The van der Waals surface area contributed by atoms with Gasteiger partial charge < -0.3 is 15.5 Å². The average Bonchev–Trinajstić information content (AvgIpc) is 2.54. The van der Waals surface area contributed by atoms with Crippen LogP contribution in [0.4, 0.5) is 0 Å². The van der Waals surface area contributed by atoms with E-state index in [1.807, 2.05) is 13.1 Å². The molecule has 1 fully saturated rings. The van der Waals surface area contributed by atoms with Gasteiger partial charge >= 0.3 is 0 Å². The van der Waals surface area contributed by atoms with Crippen LogP contribution in [0.5, 0.6) is 0 Å². The van der Waals surface area contributed by atoms with Crippen molar-refractivity contribution in [1.29, 1.82) is 0 Å². The fourth-order valence-electron chi connectivity index (χ4n) is 3.05. The molecule has 1 aromatic carbocycles. The molecule has 1 aliphatic heterocycles. The molecule has 0 bridgehead atoms. The van der Waals surface area contributed by atoms with Crippen molar-refractivity contribution in [1.82, 2.24) is 15.5 Å². The van der Waals surface area contributed by atoms with E-state index in [1.54, 1.807) is 0 Å². The molecule has 0 saturated carbocycles. The Morgan fingerprint density at radius 2 is 2.14 bits per heavy atom. The van der Waals surface area contributed by atoms with Gasteiger partial charge in [0, 0.05) is 26.7 Å². The van der Waals surface area contributed by atoms with Crippen LogP contribution >= 0.6 is 0 Å². The lowest BCUT2D eigenvalue weighted by Crippen LogP contribution is -2.44. The smallest absolute Gasteiger partial charge is 0.191 e. The molecule has 1 aromatic rings. The van der Waals surface area contributed by atoms with Gasteiger partial charge in [-0.05, 0) is 37.8 Å². The molecule has 4 heteroatoms. The van der Waals surface area contributed by atoms with Crippen molar-refractivity contribution in [2.75, 3.05) is 33.2 Å². The van der Waals surface area contributed by atoms with Crippen LogP contribution < -0.4 is 10.6 Å². The van der Waals surface area contributed by atoms with E-state index >= 15 is 0 Å². The number of guanidine groups is 1. The van der Waals surface area contributed by atoms with E-state index in [0.29, 0.717) is 0 Å². The van der Waals surface area contributed by atoms with E-state index in [2.05, 4.69) is 58.6 Å². The predicted octanol–water partition coefficient (Wildman–Crippen LogP) is 2.64. The molecule has 4 nitrogen and oxygen atoms in total. The Bertz CT molecular complexity index is 457. The highest BCUT2D eigenvalue weighted by Gasteiger charge is 2.15. The second-order valence-corrected chi connectivity index (χ2v) is 6.32. The van der Waals surface area contributed by atoms with E-state index in [-0.39, 0.29) is 6.04 Å². The number of benzene rings is 1. The van der Waals surface area contributed by atoms with E-state index in [9.17, 15) is 0 Å². The van der Waals surface area contributed by atoms with Crippen LogP contribution in [-0.4, -0.2) is 44.1 Å². The lowest BCUT2D eigenvalue weighted by molar-refractivity contribution is 0.187. The minimum absolute atomic E-state index is 0.252. The third-order valence-electron chi connectivity index (χ3n) is 4.34. The Morgan fingerprint density at radius 3 is 2.82 bits per heavy atom. The van der Waals surface area contributed by atoms with Gasteiger partial charge in [0.05, 0.1) is 6.04 Å². The zero-order chi connectivity index (χ0) is 15.8. The van der Waals surface area contributed by atoms with Crippen LogP contribution in [0.2, 0.25) is 0 Å². The van der Waals surface area contributed by atoms with Gasteiger partial charge in [-0.2, -0.15) is 0 Å². The number of nitrogens with one attached hydrogen (secondary N) is 2. The maximum absolute atomic E-state index is 4.33. The highest BCUT2D eigenvalue weighted by molar-refractivity contribution is 5.80. The summed E-state index contributed by atoms with van der Waals surface area (Å²) in [6, 6.07) is 10.7. The average molecular weight is 302 g/mol. The number of piperidine rings is 1. The minimum atomic E-state index is 0.252. The SMILES string of the molecule is CN=C(NCCN1CCCC(C)C1)NC(C)c1ccccc1. The second-order valence-electron chi connectivity index (χ2n) is 6.32. The first kappa shape index (κ1) is 16.8. The predicted molar refractivity (Wildman–Crippen MR) is 94.2 cm³/mol. The van der Waals surface area contributed by atoms with Crippen molar-refractivity contribution in [3.8, 4) is 0 Å². The number of nitrogens with zero attached hydrogens (tertiary/aromatic N) is 2. The van der Waals surface area contributed by atoms with Gasteiger partial charge in [0.25, 0.3) is 0 Å². The maximum atomic E-state index is 4.33. The van der Waals surface area contributed by atoms with Gasteiger partial charge in [-0.1, -0.05) is 37.3 Å². The molecular weight excluding hydrogens is 272 g/mol. The molecule has 1 saturated heterocycles. The summed E-state index contributed by atoms with van der Waals surface area (Å²) in [5, 5.41) is 6.88. The number of hydrogen-bond donors (Lipinski definition) is 2. The summed E-state index contributed by atoms with van der Waals surface area (Å²) < 4.78 is 0. The first-order chi connectivity index (χ1) is 10.7. The molecule has 2 atom stereocenters. The molecule has 2 N–H and O–H groups in total. The number of likely N-dealkylation sites (tertiary alicyclic amines) is 1. The fourth-order valence-corrected chi connectivity index (χ4v) is 3.05. The maximum Gasteiger partial charge on any atom is 0.191 e. The molecule has 22 heavy (non-hydrogen) atoms. The normalized spacial score (nSPS) is 21.4. The highest BCUT2D eigenvalue weighted by Crippen LogP contribution is 2.14. The van der Waals surface area contributed by atoms with Crippen LogP contribution in [0.1, 0.15) is 38.3 Å².